The Morgan fingerprint density at radius 2 is 1.59 bits per heavy atom. The summed E-state index contributed by atoms with van der Waals surface area (Å²) in [4.78, 5) is 26.6. The van der Waals surface area contributed by atoms with Crippen molar-refractivity contribution in [1.29, 1.82) is 0 Å². The van der Waals surface area contributed by atoms with Gasteiger partial charge in [-0.2, -0.15) is 5.21 Å². The topological polar surface area (TPSA) is 125 Å². The highest BCUT2D eigenvalue weighted by molar-refractivity contribution is 7.98. The van der Waals surface area contributed by atoms with Crippen molar-refractivity contribution in [2.75, 3.05) is 16.9 Å². The molecular formula is C27H29N7O2S. The lowest BCUT2D eigenvalue weighted by Crippen LogP contribution is -2.33. The average molecular weight is 516 g/mol. The highest BCUT2D eigenvalue weighted by Crippen LogP contribution is 2.28. The number of urea groups is 1. The Kier molecular flexibility index (Phi) is 7.88. The molecule has 0 saturated heterocycles. The molecule has 4 N–H and O–H groups in total. The molecule has 0 aliphatic carbocycles. The largest absolute Gasteiger partial charge is 0.327 e. The summed E-state index contributed by atoms with van der Waals surface area (Å²) in [7, 11) is 0. The van der Waals surface area contributed by atoms with Crippen LogP contribution in [0.2, 0.25) is 0 Å². The van der Waals surface area contributed by atoms with Gasteiger partial charge < -0.3 is 10.6 Å². The van der Waals surface area contributed by atoms with Crippen LogP contribution >= 0.6 is 11.8 Å². The van der Waals surface area contributed by atoms with Crippen LogP contribution in [0.15, 0.2) is 77.7 Å². The quantitative estimate of drug-likeness (QED) is 0.245. The van der Waals surface area contributed by atoms with Crippen LogP contribution in [0.4, 0.5) is 16.4 Å². The van der Waals surface area contributed by atoms with E-state index in [1.807, 2.05) is 54.8 Å². The Bertz CT molecular complexity index is 1350. The van der Waals surface area contributed by atoms with Gasteiger partial charge in [0.1, 0.15) is 0 Å². The maximum absolute atomic E-state index is 13.0. The van der Waals surface area contributed by atoms with Gasteiger partial charge in [0.25, 0.3) is 11.9 Å². The van der Waals surface area contributed by atoms with Crippen molar-refractivity contribution in [3.8, 4) is 0 Å². The normalized spacial score (nSPS) is 12.0. The van der Waals surface area contributed by atoms with E-state index < -0.39 is 6.04 Å². The van der Waals surface area contributed by atoms with E-state index in [2.05, 4.69) is 69.5 Å². The molecule has 0 fully saturated rings. The first kappa shape index (κ1) is 25.9. The second-order valence-electron chi connectivity index (χ2n) is 9.45. The van der Waals surface area contributed by atoms with Gasteiger partial charge in [0.15, 0.2) is 0 Å². The second kappa shape index (κ2) is 11.3. The molecule has 4 rings (SSSR count). The van der Waals surface area contributed by atoms with Crippen molar-refractivity contribution in [2.24, 2.45) is 0 Å². The molecule has 10 heteroatoms. The fourth-order valence-electron chi connectivity index (χ4n) is 3.75. The fraction of sp³-hybridized carbons (Fsp3) is 0.222. The Hall–Kier alpha value is -4.18. The van der Waals surface area contributed by atoms with Crippen molar-refractivity contribution in [2.45, 2.75) is 37.1 Å². The summed E-state index contributed by atoms with van der Waals surface area (Å²) < 4.78 is 0. The first-order valence-electron chi connectivity index (χ1n) is 11.7. The third-order valence-electron chi connectivity index (χ3n) is 5.79. The van der Waals surface area contributed by atoms with Crippen LogP contribution in [-0.2, 0) is 5.41 Å². The molecule has 3 aromatic carbocycles. The van der Waals surface area contributed by atoms with Crippen LogP contribution in [0.25, 0.3) is 0 Å². The molecule has 190 valence electrons. The SMILES string of the molecule is CSc1cccc(NC(=O)NC(c2ccc(C(=O)Nc3nn[nH]n3)cc2)c2ccc(C(C)(C)C)cc2)c1. The van der Waals surface area contributed by atoms with E-state index in [1.165, 1.54) is 5.56 Å². The van der Waals surface area contributed by atoms with E-state index in [4.69, 9.17) is 0 Å². The number of aromatic nitrogens is 4. The molecule has 9 nitrogen and oxygen atoms in total. The Balaban J connectivity index is 1.58. The van der Waals surface area contributed by atoms with E-state index in [0.717, 1.165) is 16.0 Å². The van der Waals surface area contributed by atoms with Gasteiger partial charge >= 0.3 is 6.03 Å². The van der Waals surface area contributed by atoms with Crippen LogP contribution in [-0.4, -0.2) is 38.8 Å². The summed E-state index contributed by atoms with van der Waals surface area (Å²) in [5, 5.41) is 21.8. The van der Waals surface area contributed by atoms with Crippen LogP contribution in [0, 0.1) is 0 Å². The predicted octanol–water partition coefficient (Wildman–Crippen LogP) is 5.38. The van der Waals surface area contributed by atoms with Crippen molar-refractivity contribution in [1.82, 2.24) is 25.9 Å². The molecule has 0 saturated carbocycles. The highest BCUT2D eigenvalue weighted by atomic mass is 32.2. The summed E-state index contributed by atoms with van der Waals surface area (Å²) >= 11 is 1.61. The number of rotatable bonds is 7. The lowest BCUT2D eigenvalue weighted by molar-refractivity contribution is 0.102. The molecule has 1 heterocycles. The van der Waals surface area contributed by atoms with Gasteiger partial charge in [-0.1, -0.05) is 68.3 Å². The number of carbonyl (C=O) groups is 2. The standard InChI is InChI=1S/C27H29N7O2S/c1-27(2,3)20-14-12-18(13-15-20)23(29-26(36)28-21-6-5-7-22(16-21)37-4)17-8-10-19(11-9-17)24(35)30-25-31-33-34-32-25/h5-16,23H,1-4H3,(H2,28,29,36)(H2,30,31,32,33,34,35). The van der Waals surface area contributed by atoms with E-state index in [1.54, 1.807) is 23.9 Å². The number of amides is 3. The van der Waals surface area contributed by atoms with Crippen molar-refractivity contribution < 1.29 is 9.59 Å². The predicted molar refractivity (Wildman–Crippen MR) is 146 cm³/mol. The van der Waals surface area contributed by atoms with Crippen LogP contribution in [0.3, 0.4) is 0 Å². The minimum atomic E-state index is -0.438. The zero-order valence-corrected chi connectivity index (χ0v) is 21.9. The van der Waals surface area contributed by atoms with E-state index in [-0.39, 0.29) is 23.3 Å². The second-order valence-corrected chi connectivity index (χ2v) is 10.3. The van der Waals surface area contributed by atoms with E-state index >= 15 is 0 Å². The summed E-state index contributed by atoms with van der Waals surface area (Å²) in [5.74, 6) is -0.270. The lowest BCUT2D eigenvalue weighted by atomic mass is 9.85. The Labute approximate surface area is 219 Å². The van der Waals surface area contributed by atoms with E-state index in [9.17, 15) is 9.59 Å². The van der Waals surface area contributed by atoms with Gasteiger partial charge in [0.2, 0.25) is 0 Å². The molecule has 37 heavy (non-hydrogen) atoms. The van der Waals surface area contributed by atoms with Gasteiger partial charge in [0, 0.05) is 16.1 Å². The number of carbonyl (C=O) groups excluding carboxylic acids is 2. The minimum absolute atomic E-state index is 0.00878. The number of benzene rings is 3. The van der Waals surface area contributed by atoms with Crippen LogP contribution in [0.1, 0.15) is 53.9 Å². The monoisotopic (exact) mass is 515 g/mol. The van der Waals surface area contributed by atoms with Gasteiger partial charge in [-0.25, -0.2) is 4.79 Å². The number of nitrogens with one attached hydrogen (secondary N) is 4. The molecule has 1 unspecified atom stereocenters. The number of nitrogens with zero attached hydrogens (tertiary/aromatic N) is 3. The number of tetrazole rings is 1. The number of thioether (sulfide) groups is 1. The van der Waals surface area contributed by atoms with Crippen molar-refractivity contribution in [3.63, 3.8) is 0 Å². The third-order valence-corrected chi connectivity index (χ3v) is 6.52. The first-order chi connectivity index (χ1) is 17.7. The van der Waals surface area contributed by atoms with E-state index in [0.29, 0.717) is 11.3 Å². The zero-order chi connectivity index (χ0) is 26.4. The van der Waals surface area contributed by atoms with Crippen LogP contribution < -0.4 is 16.0 Å². The summed E-state index contributed by atoms with van der Waals surface area (Å²) in [6.07, 6.45) is 1.99. The minimum Gasteiger partial charge on any atom is -0.327 e. The van der Waals surface area contributed by atoms with Gasteiger partial charge in [-0.3, -0.25) is 10.1 Å². The molecule has 0 bridgehead atoms. The number of H-pyrrole nitrogens is 1. The molecule has 0 aliphatic rings. The van der Waals surface area contributed by atoms with Crippen molar-refractivity contribution >= 4 is 35.3 Å². The molecule has 0 aliphatic heterocycles. The molecule has 0 radical (unpaired) electrons. The average Bonchev–Trinajstić information content (AvgIpc) is 3.40. The summed E-state index contributed by atoms with van der Waals surface area (Å²) in [5.41, 5.74) is 4.09. The number of anilines is 2. The molecular weight excluding hydrogens is 486 g/mol. The van der Waals surface area contributed by atoms with Crippen molar-refractivity contribution in [3.05, 3.63) is 95.1 Å². The Morgan fingerprint density at radius 1 is 0.919 bits per heavy atom. The van der Waals surface area contributed by atoms with Gasteiger partial charge in [-0.05, 0) is 63.9 Å². The zero-order valence-electron chi connectivity index (χ0n) is 21.1. The molecule has 4 aromatic rings. The number of hydrogen-bond donors (Lipinski definition) is 4. The maximum Gasteiger partial charge on any atom is 0.319 e. The molecule has 3 amide bonds. The lowest BCUT2D eigenvalue weighted by Gasteiger charge is -2.23. The molecule has 1 aromatic heterocycles. The fourth-order valence-corrected chi connectivity index (χ4v) is 4.21. The molecule has 0 spiro atoms. The van der Waals surface area contributed by atoms with Gasteiger partial charge in [-0.15, -0.1) is 16.9 Å². The Morgan fingerprint density at radius 3 is 2.19 bits per heavy atom. The maximum atomic E-state index is 13.0. The first-order valence-corrected chi connectivity index (χ1v) is 12.9. The number of hydrogen-bond acceptors (Lipinski definition) is 6. The van der Waals surface area contributed by atoms with Gasteiger partial charge in [0.05, 0.1) is 6.04 Å². The number of aromatic amines is 1. The summed E-state index contributed by atoms with van der Waals surface area (Å²) in [6.45, 7) is 6.48. The van der Waals surface area contributed by atoms with Crippen LogP contribution in [0.5, 0.6) is 0 Å². The summed E-state index contributed by atoms with van der Waals surface area (Å²) in [6, 6.07) is 22.1. The molecule has 1 atom stereocenters. The smallest absolute Gasteiger partial charge is 0.319 e. The highest BCUT2D eigenvalue weighted by Gasteiger charge is 2.20. The third kappa shape index (κ3) is 6.73.